The van der Waals surface area contributed by atoms with Crippen molar-refractivity contribution in [3.8, 4) is 23.0 Å². The fourth-order valence-corrected chi connectivity index (χ4v) is 4.21. The zero-order chi connectivity index (χ0) is 21.1. The minimum absolute atomic E-state index is 0.0261. The number of rotatable bonds is 6. The van der Waals surface area contributed by atoms with E-state index in [9.17, 15) is 15.0 Å². The first-order chi connectivity index (χ1) is 14.0. The fourth-order valence-electron chi connectivity index (χ4n) is 4.21. The van der Waals surface area contributed by atoms with Crippen LogP contribution < -0.4 is 14.2 Å². The quantitative estimate of drug-likeness (QED) is 0.717. The predicted octanol–water partition coefficient (Wildman–Crippen LogP) is 2.50. The minimum atomic E-state index is -0.622. The summed E-state index contributed by atoms with van der Waals surface area (Å²) in [5, 5.41) is 20.3. The molecule has 0 unspecified atom stereocenters. The highest BCUT2D eigenvalue weighted by atomic mass is 16.5. The number of phenols is 1. The van der Waals surface area contributed by atoms with Crippen LogP contribution in [0.5, 0.6) is 23.0 Å². The molecule has 7 nitrogen and oxygen atoms in total. The molecule has 156 valence electrons. The Balaban J connectivity index is 2.25. The number of aliphatic hydroxyl groups excluding tert-OH is 1. The topological polar surface area (TPSA) is 94.5 Å². The molecule has 0 amide bonds. The van der Waals surface area contributed by atoms with Gasteiger partial charge in [0, 0.05) is 18.4 Å². The molecular weight excluding hydrogens is 376 g/mol. The lowest BCUT2D eigenvalue weighted by Gasteiger charge is -2.38. The van der Waals surface area contributed by atoms with E-state index in [1.165, 1.54) is 14.2 Å². The van der Waals surface area contributed by atoms with Gasteiger partial charge < -0.3 is 29.2 Å². The number of methoxy groups -OCH3 is 4. The number of esters is 1. The SMILES string of the molecule is COC(=O)[C@H]1[C@H](CO)Cc2cc(OC)c(OC)cc2[C@@H]1c1ccc(OC)c(O)c1. The number of ether oxygens (including phenoxy) is 4. The van der Waals surface area contributed by atoms with Crippen molar-refractivity contribution >= 4 is 5.97 Å². The van der Waals surface area contributed by atoms with Gasteiger partial charge in [0.05, 0.1) is 34.4 Å². The molecule has 29 heavy (non-hydrogen) atoms. The van der Waals surface area contributed by atoms with Crippen LogP contribution in [0.3, 0.4) is 0 Å². The van der Waals surface area contributed by atoms with Crippen molar-refractivity contribution in [2.24, 2.45) is 11.8 Å². The molecule has 0 aromatic heterocycles. The van der Waals surface area contributed by atoms with E-state index >= 15 is 0 Å². The Labute approximate surface area is 169 Å². The minimum Gasteiger partial charge on any atom is -0.504 e. The standard InChI is InChI=1S/C22H26O7/c1-26-17-6-5-12(8-16(17)24)20-15-10-19(28-3)18(27-2)9-13(15)7-14(11-23)21(20)22(25)29-4/h5-6,8-10,14,20-21,23-24H,7,11H2,1-4H3/t14-,20-,21-/m0/s1. The maximum Gasteiger partial charge on any atom is 0.310 e. The average Bonchev–Trinajstić information content (AvgIpc) is 2.75. The Hall–Kier alpha value is -2.93. The molecule has 2 aromatic rings. The van der Waals surface area contributed by atoms with Gasteiger partial charge >= 0.3 is 5.97 Å². The molecule has 0 saturated carbocycles. The molecule has 3 atom stereocenters. The van der Waals surface area contributed by atoms with Crippen molar-refractivity contribution in [3.05, 3.63) is 47.0 Å². The van der Waals surface area contributed by atoms with Crippen molar-refractivity contribution in [1.29, 1.82) is 0 Å². The van der Waals surface area contributed by atoms with E-state index in [0.29, 0.717) is 29.2 Å². The van der Waals surface area contributed by atoms with Crippen molar-refractivity contribution in [2.75, 3.05) is 35.0 Å². The second-order valence-corrected chi connectivity index (χ2v) is 7.01. The van der Waals surface area contributed by atoms with Crippen molar-refractivity contribution < 1.29 is 34.0 Å². The van der Waals surface area contributed by atoms with Crippen LogP contribution in [0, 0.1) is 11.8 Å². The third kappa shape index (κ3) is 3.70. The van der Waals surface area contributed by atoms with E-state index < -0.39 is 17.8 Å². The smallest absolute Gasteiger partial charge is 0.310 e. The first kappa shape index (κ1) is 20.8. The maximum atomic E-state index is 12.7. The van der Waals surface area contributed by atoms with Crippen LogP contribution in [0.25, 0.3) is 0 Å². The van der Waals surface area contributed by atoms with Crippen LogP contribution in [0.1, 0.15) is 22.6 Å². The number of benzene rings is 2. The largest absolute Gasteiger partial charge is 0.504 e. The summed E-state index contributed by atoms with van der Waals surface area (Å²) in [4.78, 5) is 12.7. The van der Waals surface area contributed by atoms with Crippen LogP contribution in [-0.4, -0.2) is 51.2 Å². The van der Waals surface area contributed by atoms with E-state index in [-0.39, 0.29) is 18.3 Å². The first-order valence-electron chi connectivity index (χ1n) is 9.29. The molecule has 0 aliphatic heterocycles. The second-order valence-electron chi connectivity index (χ2n) is 7.01. The number of aliphatic hydroxyl groups is 1. The Bertz CT molecular complexity index is 893. The molecular formula is C22H26O7. The first-order valence-corrected chi connectivity index (χ1v) is 9.29. The lowest BCUT2D eigenvalue weighted by atomic mass is 9.66. The van der Waals surface area contributed by atoms with Crippen LogP contribution >= 0.6 is 0 Å². The number of carbonyl (C=O) groups excluding carboxylic acids is 1. The van der Waals surface area contributed by atoms with Gasteiger partial charge in [-0.05, 0) is 47.4 Å². The van der Waals surface area contributed by atoms with Gasteiger partial charge in [0.2, 0.25) is 0 Å². The normalized spacial score (nSPS) is 20.5. The lowest BCUT2D eigenvalue weighted by molar-refractivity contribution is -0.149. The Morgan fingerprint density at radius 3 is 2.21 bits per heavy atom. The summed E-state index contributed by atoms with van der Waals surface area (Å²) >= 11 is 0. The van der Waals surface area contributed by atoms with Gasteiger partial charge in [0.1, 0.15) is 0 Å². The van der Waals surface area contributed by atoms with E-state index in [0.717, 1.165) is 11.1 Å². The molecule has 0 bridgehead atoms. The van der Waals surface area contributed by atoms with Gasteiger partial charge in [-0.2, -0.15) is 0 Å². The van der Waals surface area contributed by atoms with Gasteiger partial charge in [-0.25, -0.2) is 0 Å². The molecule has 2 aromatic carbocycles. The predicted molar refractivity (Wildman–Crippen MR) is 106 cm³/mol. The van der Waals surface area contributed by atoms with Crippen molar-refractivity contribution in [2.45, 2.75) is 12.3 Å². The zero-order valence-electron chi connectivity index (χ0n) is 17.0. The summed E-state index contributed by atoms with van der Waals surface area (Å²) in [5.41, 5.74) is 2.53. The fraction of sp³-hybridized carbons (Fsp3) is 0.409. The molecule has 1 aliphatic rings. The van der Waals surface area contributed by atoms with Gasteiger partial charge in [0.15, 0.2) is 23.0 Å². The van der Waals surface area contributed by atoms with E-state index in [2.05, 4.69) is 0 Å². The number of fused-ring (bicyclic) bond motifs is 1. The van der Waals surface area contributed by atoms with E-state index in [4.69, 9.17) is 18.9 Å². The Kier molecular flexibility index (Phi) is 6.17. The molecule has 1 aliphatic carbocycles. The molecule has 0 spiro atoms. The van der Waals surface area contributed by atoms with Crippen LogP contribution in [0.4, 0.5) is 0 Å². The summed E-state index contributed by atoms with van der Waals surface area (Å²) in [6, 6.07) is 8.77. The molecule has 3 rings (SSSR count). The maximum absolute atomic E-state index is 12.7. The number of hydrogen-bond acceptors (Lipinski definition) is 7. The highest BCUT2D eigenvalue weighted by Gasteiger charge is 2.43. The Morgan fingerprint density at radius 2 is 1.66 bits per heavy atom. The van der Waals surface area contributed by atoms with Gasteiger partial charge in [-0.15, -0.1) is 0 Å². The zero-order valence-corrected chi connectivity index (χ0v) is 17.0. The highest BCUT2D eigenvalue weighted by Crippen LogP contribution is 2.48. The van der Waals surface area contributed by atoms with Gasteiger partial charge in [0.25, 0.3) is 0 Å². The van der Waals surface area contributed by atoms with Crippen LogP contribution in [-0.2, 0) is 16.0 Å². The summed E-state index contributed by atoms with van der Waals surface area (Å²) in [6.45, 7) is -0.174. The van der Waals surface area contributed by atoms with E-state index in [1.807, 2.05) is 12.1 Å². The molecule has 0 saturated heterocycles. The summed E-state index contributed by atoms with van der Waals surface area (Å²) in [5.74, 6) is -0.390. The number of carbonyl (C=O) groups is 1. The monoisotopic (exact) mass is 402 g/mol. The third-order valence-corrected chi connectivity index (χ3v) is 5.60. The molecule has 2 N–H and O–H groups in total. The van der Waals surface area contributed by atoms with Crippen molar-refractivity contribution in [1.82, 2.24) is 0 Å². The highest BCUT2D eigenvalue weighted by molar-refractivity contribution is 5.76. The van der Waals surface area contributed by atoms with Crippen LogP contribution in [0.2, 0.25) is 0 Å². The molecule has 0 heterocycles. The number of aromatic hydroxyl groups is 1. The lowest BCUT2D eigenvalue weighted by Crippen LogP contribution is -2.38. The Morgan fingerprint density at radius 1 is 1.00 bits per heavy atom. The molecule has 0 fully saturated rings. The van der Waals surface area contributed by atoms with Gasteiger partial charge in [-0.3, -0.25) is 4.79 Å². The average molecular weight is 402 g/mol. The van der Waals surface area contributed by atoms with E-state index in [1.54, 1.807) is 32.4 Å². The summed E-state index contributed by atoms with van der Waals surface area (Å²) < 4.78 is 21.1. The number of hydrogen-bond donors (Lipinski definition) is 2. The molecule has 0 radical (unpaired) electrons. The van der Waals surface area contributed by atoms with Crippen LogP contribution in [0.15, 0.2) is 30.3 Å². The summed E-state index contributed by atoms with van der Waals surface area (Å²) in [7, 11) is 5.92. The third-order valence-electron chi connectivity index (χ3n) is 5.60. The summed E-state index contributed by atoms with van der Waals surface area (Å²) in [6.07, 6.45) is 0.491. The van der Waals surface area contributed by atoms with Crippen molar-refractivity contribution in [3.63, 3.8) is 0 Å². The second kappa shape index (κ2) is 8.61. The molecule has 7 heteroatoms. The number of phenolic OH excluding ortho intramolecular Hbond substituents is 1. The van der Waals surface area contributed by atoms with Gasteiger partial charge in [-0.1, -0.05) is 6.07 Å².